The maximum absolute atomic E-state index is 12.9. The third-order valence-corrected chi connectivity index (χ3v) is 6.89. The zero-order valence-electron chi connectivity index (χ0n) is 17.7. The number of alkyl halides is 3. The average molecular weight is 464 g/mol. The van der Waals surface area contributed by atoms with E-state index in [1.165, 1.54) is 11.3 Å². The van der Waals surface area contributed by atoms with Gasteiger partial charge in [0.15, 0.2) is 0 Å². The number of anilines is 2. The van der Waals surface area contributed by atoms with Crippen LogP contribution in [0.15, 0.2) is 36.7 Å². The van der Waals surface area contributed by atoms with E-state index in [1.54, 1.807) is 6.20 Å². The van der Waals surface area contributed by atoms with Gasteiger partial charge in [0, 0.05) is 30.5 Å². The number of halogens is 3. The monoisotopic (exact) mass is 463 g/mol. The normalized spacial score (nSPS) is 20.2. The number of nitrogens with zero attached hydrogens (tertiary/aromatic N) is 3. The minimum Gasteiger partial charge on any atom is -0.388 e. The van der Waals surface area contributed by atoms with Crippen molar-refractivity contribution in [3.05, 3.63) is 52.9 Å². The third kappa shape index (κ3) is 4.92. The van der Waals surface area contributed by atoms with E-state index in [1.807, 2.05) is 32.0 Å². The summed E-state index contributed by atoms with van der Waals surface area (Å²) < 4.78 is 38.8. The summed E-state index contributed by atoms with van der Waals surface area (Å²) in [4.78, 5) is 12.9. The molecular weight excluding hydrogens is 439 g/mol. The molecule has 0 bridgehead atoms. The van der Waals surface area contributed by atoms with Crippen molar-refractivity contribution in [2.24, 2.45) is 0 Å². The highest BCUT2D eigenvalue weighted by Gasteiger charge is 2.37. The summed E-state index contributed by atoms with van der Waals surface area (Å²) in [5.74, 6) is -0.239. The quantitative estimate of drug-likeness (QED) is 0.500. The highest BCUT2D eigenvalue weighted by molar-refractivity contribution is 7.15. The first-order chi connectivity index (χ1) is 15.1. The van der Waals surface area contributed by atoms with Crippen LogP contribution in [0.5, 0.6) is 0 Å². The molecule has 1 aromatic carbocycles. The number of rotatable bonds is 5. The molecule has 32 heavy (non-hydrogen) atoms. The number of nitrogens with one attached hydrogen (secondary N) is 2. The van der Waals surface area contributed by atoms with Crippen molar-refractivity contribution in [2.75, 3.05) is 18.4 Å². The Morgan fingerprint density at radius 1 is 1.25 bits per heavy atom. The van der Waals surface area contributed by atoms with Gasteiger partial charge in [-0.2, -0.15) is 13.2 Å². The van der Waals surface area contributed by atoms with Gasteiger partial charge in [-0.25, -0.2) is 15.0 Å². The predicted molar refractivity (Wildman–Crippen MR) is 118 cm³/mol. The highest BCUT2D eigenvalue weighted by Crippen LogP contribution is 2.38. The van der Waals surface area contributed by atoms with Gasteiger partial charge < -0.3 is 15.7 Å². The fraction of sp³-hybridized carbons (Fsp3) is 0.409. The number of hydrogen-bond donors (Lipinski definition) is 3. The first kappa shape index (κ1) is 22.6. The van der Waals surface area contributed by atoms with E-state index in [9.17, 15) is 18.3 Å². The van der Waals surface area contributed by atoms with Crippen LogP contribution in [0.4, 0.5) is 24.8 Å². The highest BCUT2D eigenvalue weighted by atomic mass is 32.1. The van der Waals surface area contributed by atoms with Crippen LogP contribution in [0.2, 0.25) is 0 Å². The smallest absolute Gasteiger partial charge is 0.388 e. The van der Waals surface area contributed by atoms with Crippen molar-refractivity contribution in [1.29, 1.82) is 0 Å². The largest absolute Gasteiger partial charge is 0.433 e. The zero-order chi connectivity index (χ0) is 22.9. The van der Waals surface area contributed by atoms with Crippen LogP contribution < -0.4 is 10.6 Å². The van der Waals surface area contributed by atoms with E-state index >= 15 is 0 Å². The van der Waals surface area contributed by atoms with Gasteiger partial charge in [0.25, 0.3) is 0 Å². The Morgan fingerprint density at radius 2 is 2.06 bits per heavy atom. The van der Waals surface area contributed by atoms with Crippen molar-refractivity contribution < 1.29 is 18.3 Å². The lowest BCUT2D eigenvalue weighted by atomic mass is 9.83. The zero-order valence-corrected chi connectivity index (χ0v) is 18.5. The van der Waals surface area contributed by atoms with E-state index < -0.39 is 17.5 Å². The molecule has 1 aliphatic rings. The van der Waals surface area contributed by atoms with Crippen LogP contribution >= 0.6 is 11.3 Å². The number of hydrogen-bond acceptors (Lipinski definition) is 7. The molecule has 6 nitrogen and oxygen atoms in total. The lowest BCUT2D eigenvalue weighted by Gasteiger charge is -2.36. The molecule has 1 saturated heterocycles. The second kappa shape index (κ2) is 8.76. The molecule has 1 aliphatic heterocycles. The van der Waals surface area contributed by atoms with Gasteiger partial charge in [-0.3, -0.25) is 0 Å². The number of thiazole rings is 1. The standard InChI is InChI=1S/C22H24F3N5OS/c1-13-8-15(10-16(9-13)29-20-27-7-4-18(30-20)22(23,24)25)17-11-28-19(32-17)14(2)21(31)5-3-6-26-12-21/h4,7-11,14,26,31H,3,5-6,12H2,1-2H3,(H,27,29,30). The molecule has 1 fully saturated rings. The number of benzene rings is 1. The summed E-state index contributed by atoms with van der Waals surface area (Å²) in [6, 6.07) is 6.46. The Kier molecular flexibility index (Phi) is 6.19. The van der Waals surface area contributed by atoms with Crippen LogP contribution in [-0.4, -0.2) is 38.7 Å². The van der Waals surface area contributed by atoms with Gasteiger partial charge in [0.1, 0.15) is 5.69 Å². The van der Waals surface area contributed by atoms with Gasteiger partial charge in [0.05, 0.1) is 15.5 Å². The maximum atomic E-state index is 12.9. The van der Waals surface area contributed by atoms with Crippen molar-refractivity contribution in [3.63, 3.8) is 0 Å². The molecule has 0 aliphatic carbocycles. The van der Waals surface area contributed by atoms with Crippen molar-refractivity contribution in [3.8, 4) is 10.4 Å². The van der Waals surface area contributed by atoms with Gasteiger partial charge in [0.2, 0.25) is 5.95 Å². The Bertz CT molecular complexity index is 1100. The Morgan fingerprint density at radius 3 is 2.78 bits per heavy atom. The maximum Gasteiger partial charge on any atom is 0.433 e. The van der Waals surface area contributed by atoms with E-state index in [0.717, 1.165) is 52.7 Å². The lowest BCUT2D eigenvalue weighted by Crippen LogP contribution is -2.49. The lowest BCUT2D eigenvalue weighted by molar-refractivity contribution is -0.141. The summed E-state index contributed by atoms with van der Waals surface area (Å²) >= 11 is 1.51. The van der Waals surface area contributed by atoms with Gasteiger partial charge in [-0.15, -0.1) is 11.3 Å². The van der Waals surface area contributed by atoms with Crippen LogP contribution in [0.25, 0.3) is 10.4 Å². The van der Waals surface area contributed by atoms with Gasteiger partial charge >= 0.3 is 6.18 Å². The number of aryl methyl sites for hydroxylation is 1. The van der Waals surface area contributed by atoms with E-state index in [4.69, 9.17) is 0 Å². The summed E-state index contributed by atoms with van der Waals surface area (Å²) in [5, 5.41) is 18.0. The van der Waals surface area contributed by atoms with Gasteiger partial charge in [-0.1, -0.05) is 13.0 Å². The van der Waals surface area contributed by atoms with E-state index in [-0.39, 0.29) is 11.9 Å². The molecule has 2 atom stereocenters. The average Bonchev–Trinajstić information content (AvgIpc) is 3.23. The molecule has 170 valence electrons. The van der Waals surface area contributed by atoms with Crippen molar-refractivity contribution >= 4 is 23.0 Å². The number of β-amino-alcohol motifs (C(OH)–C–C–N with tert-alkyl or cyclic N) is 1. The molecule has 0 spiro atoms. The molecule has 2 unspecified atom stereocenters. The molecule has 4 rings (SSSR count). The molecule has 3 heterocycles. The fourth-order valence-corrected chi connectivity index (χ4v) is 4.90. The fourth-order valence-electron chi connectivity index (χ4n) is 3.84. The molecular formula is C22H24F3N5OS. The van der Waals surface area contributed by atoms with Crippen LogP contribution in [-0.2, 0) is 6.18 Å². The Labute approximate surface area is 188 Å². The molecule has 0 amide bonds. The number of aliphatic hydroxyl groups is 1. The topological polar surface area (TPSA) is 83.0 Å². The second-order valence-corrected chi connectivity index (χ2v) is 9.21. The van der Waals surface area contributed by atoms with Crippen molar-refractivity contribution in [1.82, 2.24) is 20.3 Å². The van der Waals surface area contributed by atoms with Crippen LogP contribution in [0, 0.1) is 6.92 Å². The minimum absolute atomic E-state index is 0.116. The SMILES string of the molecule is Cc1cc(Nc2nccc(C(F)(F)F)n2)cc(-c2cnc(C(C)C3(O)CCCNC3)s2)c1. The summed E-state index contributed by atoms with van der Waals surface area (Å²) in [5.41, 5.74) is 0.559. The number of aromatic nitrogens is 3. The van der Waals surface area contributed by atoms with E-state index in [0.29, 0.717) is 12.2 Å². The summed E-state index contributed by atoms with van der Waals surface area (Å²) in [7, 11) is 0. The predicted octanol–water partition coefficient (Wildman–Crippen LogP) is 4.89. The third-order valence-electron chi connectivity index (χ3n) is 5.66. The molecule has 3 N–H and O–H groups in total. The first-order valence-electron chi connectivity index (χ1n) is 10.3. The molecule has 0 saturated carbocycles. The molecule has 0 radical (unpaired) electrons. The number of piperidine rings is 1. The molecule has 2 aromatic heterocycles. The van der Waals surface area contributed by atoms with Crippen molar-refractivity contribution in [2.45, 2.75) is 44.4 Å². The Hall–Kier alpha value is -2.56. The van der Waals surface area contributed by atoms with Crippen LogP contribution in [0.1, 0.15) is 41.9 Å². The first-order valence-corrected chi connectivity index (χ1v) is 11.1. The second-order valence-electron chi connectivity index (χ2n) is 8.14. The minimum atomic E-state index is -4.54. The van der Waals surface area contributed by atoms with E-state index in [2.05, 4.69) is 25.6 Å². The molecule has 10 heteroatoms. The van der Waals surface area contributed by atoms with Gasteiger partial charge in [-0.05, 0) is 55.6 Å². The summed E-state index contributed by atoms with van der Waals surface area (Å²) in [6.45, 7) is 5.35. The molecule has 3 aromatic rings. The Balaban J connectivity index is 1.57. The van der Waals surface area contributed by atoms with Crippen LogP contribution in [0.3, 0.4) is 0 Å². The summed E-state index contributed by atoms with van der Waals surface area (Å²) in [6.07, 6.45) is -0.0357.